The molecule has 0 heterocycles. The molecule has 1 aliphatic rings. The molecule has 0 saturated heterocycles. The van der Waals surface area contributed by atoms with Gasteiger partial charge in [0.05, 0.1) is 6.61 Å². The van der Waals surface area contributed by atoms with Crippen LogP contribution in [0.25, 0.3) is 0 Å². The normalized spacial score (nSPS) is 22.1. The van der Waals surface area contributed by atoms with Crippen LogP contribution < -0.4 is 5.32 Å². The number of hydrogen-bond donors (Lipinski definition) is 1. The maximum atomic E-state index is 11.6. The monoisotopic (exact) mass is 284 g/mol. The average Bonchev–Trinajstić information content (AvgIpc) is 2.41. The van der Waals surface area contributed by atoms with Gasteiger partial charge in [-0.25, -0.2) is 4.79 Å². The fourth-order valence-corrected chi connectivity index (χ4v) is 2.44. The van der Waals surface area contributed by atoms with Crippen molar-refractivity contribution in [3.05, 3.63) is 0 Å². The first-order chi connectivity index (χ1) is 9.52. The maximum Gasteiger partial charge on any atom is 0.317 e. The molecule has 0 bridgehead atoms. The molecular weight excluding hydrogens is 256 g/mol. The largest absolute Gasteiger partial charge is 0.466 e. The van der Waals surface area contributed by atoms with Crippen LogP contribution in [-0.4, -0.2) is 43.6 Å². The van der Waals surface area contributed by atoms with Gasteiger partial charge in [0.2, 0.25) is 0 Å². The fraction of sp³-hybridized carbons (Fsp3) is 0.867. The Hall–Kier alpha value is -1.26. The van der Waals surface area contributed by atoms with E-state index in [9.17, 15) is 9.59 Å². The fourth-order valence-electron chi connectivity index (χ4n) is 2.44. The summed E-state index contributed by atoms with van der Waals surface area (Å²) in [4.78, 5) is 24.7. The number of nitrogens with one attached hydrogen (secondary N) is 1. The summed E-state index contributed by atoms with van der Waals surface area (Å²) >= 11 is 0. The van der Waals surface area contributed by atoms with E-state index in [-0.39, 0.29) is 18.0 Å². The van der Waals surface area contributed by atoms with Crippen LogP contribution in [0.15, 0.2) is 0 Å². The zero-order valence-corrected chi connectivity index (χ0v) is 13.0. The number of hydrogen-bond acceptors (Lipinski definition) is 3. The van der Waals surface area contributed by atoms with Gasteiger partial charge in [0.1, 0.15) is 0 Å². The topological polar surface area (TPSA) is 58.6 Å². The highest BCUT2D eigenvalue weighted by Crippen LogP contribution is 2.27. The lowest BCUT2D eigenvalue weighted by atomic mass is 9.84. The van der Waals surface area contributed by atoms with Gasteiger partial charge in [0.15, 0.2) is 0 Å². The lowest BCUT2D eigenvalue weighted by Gasteiger charge is -2.29. The quantitative estimate of drug-likeness (QED) is 0.602. The Morgan fingerprint density at radius 1 is 1.20 bits per heavy atom. The summed E-state index contributed by atoms with van der Waals surface area (Å²) in [6, 6.07) is 0.213. The first-order valence-corrected chi connectivity index (χ1v) is 7.66. The molecular formula is C15H28N2O3. The molecule has 0 aromatic heterocycles. The minimum Gasteiger partial charge on any atom is -0.466 e. The molecule has 0 spiro atoms. The highest BCUT2D eigenvalue weighted by molar-refractivity contribution is 5.73. The van der Waals surface area contributed by atoms with E-state index in [1.165, 1.54) is 0 Å². The Balaban J connectivity index is 2.18. The molecule has 0 atom stereocenters. The van der Waals surface area contributed by atoms with Gasteiger partial charge >= 0.3 is 12.0 Å². The zero-order valence-electron chi connectivity index (χ0n) is 13.0. The Morgan fingerprint density at radius 3 is 2.40 bits per heavy atom. The number of carbonyl (C=O) groups excluding carboxylic acids is 2. The zero-order chi connectivity index (χ0) is 15.0. The molecule has 0 unspecified atom stereocenters. The van der Waals surface area contributed by atoms with Gasteiger partial charge < -0.3 is 15.0 Å². The van der Waals surface area contributed by atoms with Gasteiger partial charge in [-0.15, -0.1) is 0 Å². The van der Waals surface area contributed by atoms with Crippen LogP contribution in [0.5, 0.6) is 0 Å². The summed E-state index contributed by atoms with van der Waals surface area (Å²) in [7, 11) is 3.49. The second-order valence-electron chi connectivity index (χ2n) is 5.84. The molecule has 1 N–H and O–H groups in total. The Bertz CT molecular complexity index is 310. The molecule has 2 amide bonds. The molecule has 0 aromatic carbocycles. The number of nitrogens with zero attached hydrogens (tertiary/aromatic N) is 1. The van der Waals surface area contributed by atoms with Gasteiger partial charge in [-0.1, -0.05) is 13.3 Å². The third-order valence-electron chi connectivity index (χ3n) is 3.80. The number of unbranched alkanes of at least 4 members (excludes halogenated alkanes) is 1. The number of amides is 2. The van der Waals surface area contributed by atoms with Crippen LogP contribution in [0.2, 0.25) is 0 Å². The molecule has 0 radical (unpaired) electrons. The van der Waals surface area contributed by atoms with Crippen molar-refractivity contribution >= 4 is 12.0 Å². The molecule has 0 aliphatic heterocycles. The Kier molecular flexibility index (Phi) is 7.41. The molecule has 20 heavy (non-hydrogen) atoms. The second kappa shape index (κ2) is 8.82. The smallest absolute Gasteiger partial charge is 0.317 e. The van der Waals surface area contributed by atoms with Crippen molar-refractivity contribution < 1.29 is 14.3 Å². The van der Waals surface area contributed by atoms with Crippen LogP contribution in [0.4, 0.5) is 4.79 Å². The van der Waals surface area contributed by atoms with Crippen molar-refractivity contribution in [1.29, 1.82) is 0 Å². The number of esters is 1. The van der Waals surface area contributed by atoms with Gasteiger partial charge in [-0.05, 0) is 38.0 Å². The van der Waals surface area contributed by atoms with Crippen LogP contribution in [0, 0.1) is 5.92 Å². The molecule has 0 aromatic rings. The van der Waals surface area contributed by atoms with E-state index in [0.29, 0.717) is 18.9 Å². The van der Waals surface area contributed by atoms with Gasteiger partial charge in [0, 0.05) is 26.6 Å². The minimum atomic E-state index is -0.0702. The van der Waals surface area contributed by atoms with E-state index in [1.807, 2.05) is 0 Å². The van der Waals surface area contributed by atoms with E-state index in [4.69, 9.17) is 4.74 Å². The SMILES string of the molecule is CCCCOC(=O)CC1CCC(NC(=O)N(C)C)CC1. The van der Waals surface area contributed by atoms with Gasteiger partial charge in [0.25, 0.3) is 0 Å². The first kappa shape index (κ1) is 16.8. The van der Waals surface area contributed by atoms with Crippen molar-refractivity contribution in [2.24, 2.45) is 5.92 Å². The van der Waals surface area contributed by atoms with E-state index in [0.717, 1.165) is 38.5 Å². The maximum absolute atomic E-state index is 11.6. The van der Waals surface area contributed by atoms with E-state index in [1.54, 1.807) is 19.0 Å². The summed E-state index contributed by atoms with van der Waals surface area (Å²) in [5.41, 5.74) is 0. The van der Waals surface area contributed by atoms with Crippen LogP contribution in [-0.2, 0) is 9.53 Å². The molecule has 1 fully saturated rings. The molecule has 1 rings (SSSR count). The molecule has 1 saturated carbocycles. The summed E-state index contributed by atoms with van der Waals surface area (Å²) in [6.45, 7) is 2.63. The van der Waals surface area contributed by atoms with E-state index < -0.39 is 0 Å². The molecule has 5 nitrogen and oxygen atoms in total. The summed E-state index contributed by atoms with van der Waals surface area (Å²) in [5.74, 6) is 0.343. The van der Waals surface area contributed by atoms with E-state index >= 15 is 0 Å². The third-order valence-corrected chi connectivity index (χ3v) is 3.80. The summed E-state index contributed by atoms with van der Waals surface area (Å²) in [6.07, 6.45) is 6.39. The van der Waals surface area contributed by atoms with Crippen molar-refractivity contribution in [1.82, 2.24) is 10.2 Å². The van der Waals surface area contributed by atoms with Crippen molar-refractivity contribution in [2.45, 2.75) is 57.9 Å². The molecule has 1 aliphatic carbocycles. The number of ether oxygens (including phenoxy) is 1. The standard InChI is InChI=1S/C15H28N2O3/c1-4-5-10-20-14(18)11-12-6-8-13(9-7-12)16-15(19)17(2)3/h12-13H,4-11H2,1-3H3,(H,16,19). The Morgan fingerprint density at radius 2 is 1.85 bits per heavy atom. The average molecular weight is 284 g/mol. The van der Waals surface area contributed by atoms with E-state index in [2.05, 4.69) is 12.2 Å². The third kappa shape index (κ3) is 6.26. The van der Waals surface area contributed by atoms with Crippen molar-refractivity contribution in [3.8, 4) is 0 Å². The van der Waals surface area contributed by atoms with Crippen molar-refractivity contribution in [3.63, 3.8) is 0 Å². The first-order valence-electron chi connectivity index (χ1n) is 7.66. The Labute approximate surface area is 122 Å². The molecule has 116 valence electrons. The van der Waals surface area contributed by atoms with Crippen LogP contribution in [0.1, 0.15) is 51.9 Å². The van der Waals surface area contributed by atoms with Crippen LogP contribution in [0.3, 0.4) is 0 Å². The van der Waals surface area contributed by atoms with Gasteiger partial charge in [-0.2, -0.15) is 0 Å². The number of urea groups is 1. The summed E-state index contributed by atoms with van der Waals surface area (Å²) in [5, 5.41) is 3.00. The van der Waals surface area contributed by atoms with Crippen molar-refractivity contribution in [2.75, 3.05) is 20.7 Å². The number of carbonyl (C=O) groups is 2. The lowest BCUT2D eigenvalue weighted by molar-refractivity contribution is -0.145. The highest BCUT2D eigenvalue weighted by Gasteiger charge is 2.24. The van der Waals surface area contributed by atoms with Gasteiger partial charge in [-0.3, -0.25) is 4.79 Å². The number of rotatable bonds is 6. The predicted octanol–water partition coefficient (Wildman–Crippen LogP) is 2.55. The second-order valence-corrected chi connectivity index (χ2v) is 5.84. The van der Waals surface area contributed by atoms with Crippen LogP contribution >= 0.6 is 0 Å². The highest BCUT2D eigenvalue weighted by atomic mass is 16.5. The predicted molar refractivity (Wildman–Crippen MR) is 78.4 cm³/mol. The lowest BCUT2D eigenvalue weighted by Crippen LogP contribution is -2.43. The summed E-state index contributed by atoms with van der Waals surface area (Å²) < 4.78 is 5.19. The minimum absolute atomic E-state index is 0.0348. The molecule has 5 heteroatoms.